The summed E-state index contributed by atoms with van der Waals surface area (Å²) in [5, 5.41) is 20.8. The smallest absolute Gasteiger partial charge is 0.363 e. The minimum Gasteiger partial charge on any atom is -0.461 e. The van der Waals surface area contributed by atoms with Crippen LogP contribution in [-0.2, 0) is 52.9 Å². The van der Waals surface area contributed by atoms with E-state index in [0.717, 1.165) is 22.3 Å². The minimum absolute atomic E-state index is 0.0223. The van der Waals surface area contributed by atoms with Crippen molar-refractivity contribution in [3.63, 3.8) is 0 Å². The highest BCUT2D eigenvalue weighted by atomic mass is 16.7. The average Bonchev–Trinajstić information content (AvgIpc) is 3.84. The molecule has 2 aliphatic heterocycles. The van der Waals surface area contributed by atoms with Crippen molar-refractivity contribution in [2.45, 2.75) is 115 Å². The second-order valence-corrected chi connectivity index (χ2v) is 19.6. The van der Waals surface area contributed by atoms with E-state index in [-0.39, 0.29) is 55.5 Å². The van der Waals surface area contributed by atoms with Crippen LogP contribution in [0.15, 0.2) is 103 Å². The van der Waals surface area contributed by atoms with Gasteiger partial charge in [0.15, 0.2) is 0 Å². The molecule has 2 fully saturated rings. The number of aliphatic hydroxyl groups excluding tert-OH is 1. The number of amides is 5. The Morgan fingerprint density at radius 3 is 2.25 bits per heavy atom. The third-order valence-electron chi connectivity index (χ3n) is 12.9. The largest absolute Gasteiger partial charge is 0.461 e. The minimum atomic E-state index is -0.891. The first kappa shape index (κ1) is 52.0. The number of carbonyl (C=O) groups is 7. The van der Waals surface area contributed by atoms with E-state index >= 15 is 0 Å². The molecule has 17 nitrogen and oxygen atoms in total. The summed E-state index contributed by atoms with van der Waals surface area (Å²) in [6.07, 6.45) is 4.57. The summed E-state index contributed by atoms with van der Waals surface area (Å²) in [5.74, 6) is -3.97. The third-order valence-corrected chi connectivity index (χ3v) is 12.9. The number of hydrogen-bond acceptors (Lipinski definition) is 13. The molecule has 0 radical (unpaired) electrons. The van der Waals surface area contributed by atoms with E-state index in [0.29, 0.717) is 75.5 Å². The van der Waals surface area contributed by atoms with Gasteiger partial charge in [0, 0.05) is 94.4 Å². The molecule has 4 aromatic rings. The number of carbonyl (C=O) groups excluding carboxylic acids is 7. The van der Waals surface area contributed by atoms with Crippen LogP contribution in [0.3, 0.4) is 0 Å². The molecule has 7 rings (SSSR count). The molecule has 3 heterocycles. The van der Waals surface area contributed by atoms with Crippen LogP contribution in [0.2, 0.25) is 0 Å². The van der Waals surface area contributed by atoms with E-state index in [1.54, 1.807) is 6.20 Å². The van der Waals surface area contributed by atoms with Crippen molar-refractivity contribution < 1.29 is 48.2 Å². The SMILES string of the molecule is CC(C)(C)NC(=O)[C@@H]1CN(Cc2cccnc2)CCN1C[C@H](C[C@@H](Cc1ccccc1)C(=O)N[C@H]1c2ccccc2C[C@H]1O)OC(=O)CCCCCNC(=O)c1ccc(C(=O)ON2C(=O)CCC2=O)cc1. The number of hydrogen-bond donors (Lipinski definition) is 4. The predicted octanol–water partition coefficient (Wildman–Crippen LogP) is 4.63. The molecule has 5 atom stereocenters. The fraction of sp³-hybridized carbons (Fsp3) is 0.444. The van der Waals surface area contributed by atoms with Gasteiger partial charge in [-0.1, -0.05) is 67.1 Å². The van der Waals surface area contributed by atoms with Crippen LogP contribution in [0.5, 0.6) is 0 Å². The Kier molecular flexibility index (Phi) is 17.8. The van der Waals surface area contributed by atoms with Crippen molar-refractivity contribution in [2.75, 3.05) is 32.7 Å². The van der Waals surface area contributed by atoms with Crippen LogP contribution in [0.4, 0.5) is 0 Å². The van der Waals surface area contributed by atoms with Crippen LogP contribution in [-0.4, -0.2) is 123 Å². The summed E-state index contributed by atoms with van der Waals surface area (Å²) in [5.41, 5.74) is 3.66. The second kappa shape index (κ2) is 24.3. The van der Waals surface area contributed by atoms with E-state index in [4.69, 9.17) is 9.57 Å². The van der Waals surface area contributed by atoms with Gasteiger partial charge in [-0.3, -0.25) is 43.6 Å². The first-order chi connectivity index (χ1) is 34.1. The van der Waals surface area contributed by atoms with Crippen molar-refractivity contribution in [2.24, 2.45) is 5.92 Å². The lowest BCUT2D eigenvalue weighted by atomic mass is 9.91. The van der Waals surface area contributed by atoms with Gasteiger partial charge in [-0.2, -0.15) is 0 Å². The number of esters is 1. The number of fused-ring (bicyclic) bond motifs is 1. The van der Waals surface area contributed by atoms with Crippen LogP contribution in [0.1, 0.15) is 115 Å². The molecule has 0 spiro atoms. The zero-order chi connectivity index (χ0) is 50.5. The lowest BCUT2D eigenvalue weighted by Crippen LogP contribution is -2.62. The number of ether oxygens (including phenoxy) is 1. The Bertz CT molecular complexity index is 2490. The lowest BCUT2D eigenvalue weighted by Gasteiger charge is -2.42. The summed E-state index contributed by atoms with van der Waals surface area (Å²) in [6, 6.07) is 25.7. The first-order valence-electron chi connectivity index (χ1n) is 24.5. The number of benzene rings is 3. The molecule has 0 bridgehead atoms. The molecule has 17 heteroatoms. The molecule has 376 valence electrons. The zero-order valence-electron chi connectivity index (χ0n) is 40.7. The molecule has 5 amide bonds. The number of pyridine rings is 1. The Morgan fingerprint density at radius 1 is 0.831 bits per heavy atom. The highest BCUT2D eigenvalue weighted by Crippen LogP contribution is 2.32. The maximum absolute atomic E-state index is 14.5. The quantitative estimate of drug-likeness (QED) is 0.0510. The van der Waals surface area contributed by atoms with Crippen molar-refractivity contribution in [3.8, 4) is 0 Å². The molecule has 3 aromatic carbocycles. The Labute approximate surface area is 414 Å². The monoisotopic (exact) mass is 971 g/mol. The summed E-state index contributed by atoms with van der Waals surface area (Å²) in [4.78, 5) is 105. The fourth-order valence-electron chi connectivity index (χ4n) is 9.30. The molecule has 3 aliphatic rings. The molecule has 2 saturated heterocycles. The standard InChI is InChI=1S/C54H65N7O10/c1-54(2,3)58-52(68)44-35-59(33-37-15-12-25-55-32-37)27-28-60(44)34-42(30-41(29-36-13-6-4-7-14-36)51(67)57-49-43-17-10-9-16-40(43)31-45(49)62)70-48(65)18-8-5-11-26-56-50(66)38-19-21-39(22-20-38)53(69)71-61-46(63)23-24-47(61)64/h4,6-7,9-10,12-17,19-22,25,32,41-42,44-45,49,62H,5,8,11,18,23-24,26-31,33-35H2,1-3H3,(H,56,66)(H,57,67)(H,58,68)/t41-,42+,44+,45-,49+/m1/s1. The third kappa shape index (κ3) is 14.9. The molecule has 4 N–H and O–H groups in total. The summed E-state index contributed by atoms with van der Waals surface area (Å²) in [7, 11) is 0. The molecular formula is C54H65N7O10. The number of rotatable bonds is 21. The van der Waals surface area contributed by atoms with Crippen LogP contribution >= 0.6 is 0 Å². The van der Waals surface area contributed by atoms with E-state index in [9.17, 15) is 38.7 Å². The van der Waals surface area contributed by atoms with E-state index < -0.39 is 59.5 Å². The first-order valence-corrected chi connectivity index (χ1v) is 24.5. The Balaban J connectivity index is 1.00. The lowest BCUT2D eigenvalue weighted by molar-refractivity contribution is -0.172. The van der Waals surface area contributed by atoms with Crippen molar-refractivity contribution in [1.29, 1.82) is 0 Å². The topological polar surface area (TPSA) is 217 Å². The number of hydroxylamine groups is 2. The highest BCUT2D eigenvalue weighted by Gasteiger charge is 2.39. The van der Waals surface area contributed by atoms with Crippen molar-refractivity contribution in [1.82, 2.24) is 35.8 Å². The van der Waals surface area contributed by atoms with E-state index in [1.807, 2.05) is 93.7 Å². The van der Waals surface area contributed by atoms with Crippen LogP contribution < -0.4 is 16.0 Å². The molecule has 71 heavy (non-hydrogen) atoms. The summed E-state index contributed by atoms with van der Waals surface area (Å²) in [6.45, 7) is 8.50. The van der Waals surface area contributed by atoms with Gasteiger partial charge in [-0.15, -0.1) is 5.06 Å². The number of unbranched alkanes of at least 4 members (excludes halogenated alkanes) is 2. The number of nitrogens with one attached hydrogen (secondary N) is 3. The van der Waals surface area contributed by atoms with Crippen LogP contribution in [0.25, 0.3) is 0 Å². The molecule has 1 aliphatic carbocycles. The van der Waals surface area contributed by atoms with Gasteiger partial charge in [0.1, 0.15) is 12.1 Å². The van der Waals surface area contributed by atoms with E-state index in [1.165, 1.54) is 24.3 Å². The molecule has 1 aromatic heterocycles. The summed E-state index contributed by atoms with van der Waals surface area (Å²) < 4.78 is 6.34. The fourth-order valence-corrected chi connectivity index (χ4v) is 9.30. The summed E-state index contributed by atoms with van der Waals surface area (Å²) >= 11 is 0. The molecule has 0 saturated carbocycles. The highest BCUT2D eigenvalue weighted by molar-refractivity contribution is 6.03. The zero-order valence-corrected chi connectivity index (χ0v) is 40.7. The van der Waals surface area contributed by atoms with Gasteiger partial charge in [0.25, 0.3) is 17.7 Å². The molecular weight excluding hydrogens is 907 g/mol. The van der Waals surface area contributed by atoms with Crippen LogP contribution in [0, 0.1) is 5.92 Å². The predicted molar refractivity (Wildman–Crippen MR) is 262 cm³/mol. The van der Waals surface area contributed by atoms with Crippen molar-refractivity contribution >= 4 is 41.5 Å². The maximum atomic E-state index is 14.5. The van der Waals surface area contributed by atoms with Gasteiger partial charge in [0.05, 0.1) is 17.7 Å². The van der Waals surface area contributed by atoms with Gasteiger partial charge in [-0.25, -0.2) is 4.79 Å². The van der Waals surface area contributed by atoms with Gasteiger partial charge < -0.3 is 30.6 Å². The number of nitrogens with zero attached hydrogens (tertiary/aromatic N) is 4. The Hall–Kier alpha value is -6.82. The maximum Gasteiger partial charge on any atom is 0.363 e. The Morgan fingerprint density at radius 2 is 1.54 bits per heavy atom. The normalized spacial score (nSPS) is 19.1. The van der Waals surface area contributed by atoms with Crippen molar-refractivity contribution in [3.05, 3.63) is 137 Å². The average molecular weight is 972 g/mol. The van der Waals surface area contributed by atoms with Gasteiger partial charge >= 0.3 is 11.9 Å². The second-order valence-electron chi connectivity index (χ2n) is 19.6. The number of aliphatic hydroxyl groups is 1. The number of piperazine rings is 1. The van der Waals surface area contributed by atoms with E-state index in [2.05, 4.69) is 30.7 Å². The number of aromatic nitrogens is 1. The molecule has 0 unspecified atom stereocenters. The van der Waals surface area contributed by atoms with Gasteiger partial charge in [-0.05, 0) is 99.0 Å². The van der Waals surface area contributed by atoms with Gasteiger partial charge in [0.2, 0.25) is 11.8 Å². The number of imide groups is 1.